The molecule has 2 rings (SSSR count). The summed E-state index contributed by atoms with van der Waals surface area (Å²) in [6, 6.07) is 6.01. The van der Waals surface area contributed by atoms with Crippen LogP contribution in [-0.4, -0.2) is 0 Å². The highest BCUT2D eigenvalue weighted by Gasteiger charge is 2.14. The second-order valence-corrected chi connectivity index (χ2v) is 2.98. The number of ether oxygens (including phenoxy) is 1. The molecule has 2 heteroatoms. The lowest BCUT2D eigenvalue weighted by atomic mass is 10.00. The molecule has 1 aromatic carbocycles. The molecule has 1 aliphatic rings. The minimum Gasteiger partial charge on any atom is -0.372 e. The Morgan fingerprint density at radius 1 is 1.29 bits per heavy atom. The SMILES string of the molecule is CC.Cc1c(C#N)ccc2c1COC2. The first kappa shape index (κ1) is 10.7. The molecule has 0 fully saturated rings. The molecule has 14 heavy (non-hydrogen) atoms. The van der Waals surface area contributed by atoms with Crippen LogP contribution >= 0.6 is 0 Å². The topological polar surface area (TPSA) is 33.0 Å². The zero-order valence-corrected chi connectivity index (χ0v) is 8.92. The van der Waals surface area contributed by atoms with Crippen LogP contribution in [0.1, 0.15) is 36.1 Å². The molecule has 0 saturated heterocycles. The molecule has 1 heterocycles. The molecule has 0 atom stereocenters. The Hall–Kier alpha value is -1.33. The molecule has 0 saturated carbocycles. The number of hydrogen-bond acceptors (Lipinski definition) is 2. The summed E-state index contributed by atoms with van der Waals surface area (Å²) >= 11 is 0. The van der Waals surface area contributed by atoms with E-state index in [1.54, 1.807) is 0 Å². The Morgan fingerprint density at radius 3 is 2.64 bits per heavy atom. The molecule has 1 aromatic rings. The third-order valence-corrected chi connectivity index (χ3v) is 2.32. The second-order valence-electron chi connectivity index (χ2n) is 2.98. The molecule has 0 aromatic heterocycles. The number of fused-ring (bicyclic) bond motifs is 1. The molecule has 74 valence electrons. The Balaban J connectivity index is 0.000000461. The van der Waals surface area contributed by atoms with Crippen LogP contribution in [0.5, 0.6) is 0 Å². The van der Waals surface area contributed by atoms with Crippen LogP contribution < -0.4 is 0 Å². The summed E-state index contributed by atoms with van der Waals surface area (Å²) in [5, 5.41) is 8.76. The van der Waals surface area contributed by atoms with E-state index in [4.69, 9.17) is 10.00 Å². The maximum atomic E-state index is 8.76. The van der Waals surface area contributed by atoms with Crippen molar-refractivity contribution in [1.82, 2.24) is 0 Å². The van der Waals surface area contributed by atoms with E-state index in [0.717, 1.165) is 11.1 Å². The van der Waals surface area contributed by atoms with Gasteiger partial charge in [0.15, 0.2) is 0 Å². The molecule has 2 nitrogen and oxygen atoms in total. The highest BCUT2D eigenvalue weighted by atomic mass is 16.5. The van der Waals surface area contributed by atoms with Crippen molar-refractivity contribution in [3.8, 4) is 6.07 Å². The molecular weight excluding hydrogens is 174 g/mol. The predicted molar refractivity (Wildman–Crippen MR) is 55.7 cm³/mol. The summed E-state index contributed by atoms with van der Waals surface area (Å²) in [6.45, 7) is 7.34. The molecule has 0 radical (unpaired) electrons. The first-order chi connectivity index (χ1) is 6.83. The van der Waals surface area contributed by atoms with E-state index < -0.39 is 0 Å². The van der Waals surface area contributed by atoms with E-state index in [-0.39, 0.29) is 0 Å². The monoisotopic (exact) mass is 189 g/mol. The average Bonchev–Trinajstić information content (AvgIpc) is 2.70. The summed E-state index contributed by atoms with van der Waals surface area (Å²) in [7, 11) is 0. The lowest BCUT2D eigenvalue weighted by Gasteiger charge is -2.02. The molecule has 0 N–H and O–H groups in total. The lowest BCUT2D eigenvalue weighted by molar-refractivity contribution is 0.134. The van der Waals surface area contributed by atoms with Gasteiger partial charge in [-0.3, -0.25) is 0 Å². The fraction of sp³-hybridized carbons (Fsp3) is 0.417. The van der Waals surface area contributed by atoms with Gasteiger partial charge in [-0.1, -0.05) is 19.9 Å². The van der Waals surface area contributed by atoms with Crippen LogP contribution in [-0.2, 0) is 18.0 Å². The summed E-state index contributed by atoms with van der Waals surface area (Å²) < 4.78 is 5.29. The zero-order valence-electron chi connectivity index (χ0n) is 8.92. The number of nitriles is 1. The third-order valence-electron chi connectivity index (χ3n) is 2.32. The normalized spacial score (nSPS) is 12.4. The molecule has 0 unspecified atom stereocenters. The van der Waals surface area contributed by atoms with Crippen molar-refractivity contribution in [1.29, 1.82) is 5.26 Å². The van der Waals surface area contributed by atoms with Gasteiger partial charge in [-0.05, 0) is 29.7 Å². The van der Waals surface area contributed by atoms with Gasteiger partial charge in [0.1, 0.15) is 0 Å². The number of benzene rings is 1. The molecular formula is C12H15NO. The van der Waals surface area contributed by atoms with Crippen LogP contribution in [0.2, 0.25) is 0 Å². The number of nitrogens with zero attached hydrogens (tertiary/aromatic N) is 1. The van der Waals surface area contributed by atoms with Crippen LogP contribution in [0.4, 0.5) is 0 Å². The molecule has 1 aliphatic heterocycles. The predicted octanol–water partition coefficient (Wildman–Crippen LogP) is 2.92. The van der Waals surface area contributed by atoms with Crippen molar-refractivity contribution in [2.45, 2.75) is 34.0 Å². The summed E-state index contributed by atoms with van der Waals surface area (Å²) in [5.74, 6) is 0. The minimum absolute atomic E-state index is 0.663. The Kier molecular flexibility index (Phi) is 3.67. The van der Waals surface area contributed by atoms with E-state index >= 15 is 0 Å². The second kappa shape index (κ2) is 4.78. The number of rotatable bonds is 0. The highest BCUT2D eigenvalue weighted by molar-refractivity contribution is 5.46. The van der Waals surface area contributed by atoms with Gasteiger partial charge in [-0.15, -0.1) is 0 Å². The molecule has 0 amide bonds. The Morgan fingerprint density at radius 2 is 2.00 bits per heavy atom. The van der Waals surface area contributed by atoms with Crippen LogP contribution in [0, 0.1) is 18.3 Å². The smallest absolute Gasteiger partial charge is 0.0994 e. The van der Waals surface area contributed by atoms with Gasteiger partial charge in [-0.2, -0.15) is 5.26 Å². The molecule has 0 bridgehead atoms. The fourth-order valence-electron chi connectivity index (χ4n) is 1.53. The molecule has 0 aliphatic carbocycles. The van der Waals surface area contributed by atoms with Crippen LogP contribution in [0.3, 0.4) is 0 Å². The van der Waals surface area contributed by atoms with Crippen molar-refractivity contribution in [3.05, 3.63) is 34.4 Å². The Bertz CT molecular complexity index is 363. The van der Waals surface area contributed by atoms with Crippen molar-refractivity contribution in [2.75, 3.05) is 0 Å². The van der Waals surface area contributed by atoms with E-state index in [2.05, 4.69) is 6.07 Å². The zero-order chi connectivity index (χ0) is 10.6. The van der Waals surface area contributed by atoms with Gasteiger partial charge in [0, 0.05) is 0 Å². The summed E-state index contributed by atoms with van der Waals surface area (Å²) in [6.07, 6.45) is 0. The first-order valence-electron chi connectivity index (χ1n) is 4.92. The van der Waals surface area contributed by atoms with Gasteiger partial charge in [0.2, 0.25) is 0 Å². The largest absolute Gasteiger partial charge is 0.372 e. The summed E-state index contributed by atoms with van der Waals surface area (Å²) in [5.41, 5.74) is 4.27. The lowest BCUT2D eigenvalue weighted by Crippen LogP contribution is -1.91. The van der Waals surface area contributed by atoms with Crippen molar-refractivity contribution >= 4 is 0 Å². The van der Waals surface area contributed by atoms with Gasteiger partial charge < -0.3 is 4.74 Å². The van der Waals surface area contributed by atoms with E-state index in [1.807, 2.05) is 32.9 Å². The Labute approximate surface area is 85.1 Å². The third kappa shape index (κ3) is 1.78. The molecule has 0 spiro atoms. The summed E-state index contributed by atoms with van der Waals surface area (Å²) in [4.78, 5) is 0. The van der Waals surface area contributed by atoms with Gasteiger partial charge >= 0.3 is 0 Å². The maximum absolute atomic E-state index is 8.76. The first-order valence-corrected chi connectivity index (χ1v) is 4.92. The van der Waals surface area contributed by atoms with Gasteiger partial charge in [0.25, 0.3) is 0 Å². The van der Waals surface area contributed by atoms with Gasteiger partial charge in [0.05, 0.1) is 24.8 Å². The van der Waals surface area contributed by atoms with Crippen molar-refractivity contribution < 1.29 is 4.74 Å². The number of hydrogen-bond donors (Lipinski definition) is 0. The van der Waals surface area contributed by atoms with Crippen molar-refractivity contribution in [2.24, 2.45) is 0 Å². The van der Waals surface area contributed by atoms with Crippen molar-refractivity contribution in [3.63, 3.8) is 0 Å². The minimum atomic E-state index is 0.663. The van der Waals surface area contributed by atoms with Gasteiger partial charge in [-0.25, -0.2) is 0 Å². The highest BCUT2D eigenvalue weighted by Crippen LogP contribution is 2.24. The average molecular weight is 189 g/mol. The van der Waals surface area contributed by atoms with E-state index in [9.17, 15) is 0 Å². The fourth-order valence-corrected chi connectivity index (χ4v) is 1.53. The van der Waals surface area contributed by atoms with E-state index in [0.29, 0.717) is 13.2 Å². The maximum Gasteiger partial charge on any atom is 0.0994 e. The quantitative estimate of drug-likeness (QED) is 0.628. The van der Waals surface area contributed by atoms with Crippen LogP contribution in [0.25, 0.3) is 0 Å². The van der Waals surface area contributed by atoms with E-state index in [1.165, 1.54) is 11.1 Å². The van der Waals surface area contributed by atoms with Crippen LogP contribution in [0.15, 0.2) is 12.1 Å². The standard InChI is InChI=1S/C10H9NO.C2H6/c1-7-8(4-11)2-3-9-5-12-6-10(7)9;1-2/h2-3H,5-6H2,1H3;1-2H3.